The first-order valence-electron chi connectivity index (χ1n) is 6.72. The number of fused-ring (bicyclic) bond motifs is 1. The highest BCUT2D eigenvalue weighted by atomic mass is 15.0. The third kappa shape index (κ3) is 1.20. The molecule has 3 aliphatic rings. The molecular weight excluding hydrogens is 206 g/mol. The Kier molecular flexibility index (Phi) is 1.93. The summed E-state index contributed by atoms with van der Waals surface area (Å²) in [6.07, 6.45) is 4.76. The van der Waals surface area contributed by atoms with Crippen LogP contribution in [0.1, 0.15) is 30.4 Å². The van der Waals surface area contributed by atoms with Crippen molar-refractivity contribution in [2.24, 2.45) is 5.92 Å². The van der Waals surface area contributed by atoms with E-state index in [4.69, 9.17) is 0 Å². The molecule has 2 aliphatic carbocycles. The molecule has 1 heterocycles. The second-order valence-corrected chi connectivity index (χ2v) is 5.59. The number of benzene rings is 1. The molecule has 0 spiro atoms. The molecule has 1 aliphatic heterocycles. The average Bonchev–Trinajstić information content (AvgIpc) is 2.39. The Bertz CT molecular complexity index is 522. The highest BCUT2D eigenvalue weighted by Gasteiger charge is 2.50. The van der Waals surface area contributed by atoms with Gasteiger partial charge in [0.2, 0.25) is 0 Å². The molecule has 86 valence electrons. The summed E-state index contributed by atoms with van der Waals surface area (Å²) in [6.45, 7) is 1.13. The Morgan fingerprint density at radius 3 is 3.24 bits per heavy atom. The lowest BCUT2D eigenvalue weighted by Gasteiger charge is -2.51. The molecule has 0 radical (unpaired) electrons. The Hall–Kier alpha value is -1.26. The van der Waals surface area contributed by atoms with Crippen LogP contribution >= 0.6 is 0 Å². The molecule has 1 aromatic carbocycles. The van der Waals surface area contributed by atoms with Gasteiger partial charge in [-0.2, -0.15) is 0 Å². The minimum atomic E-state index is 0.184. The van der Waals surface area contributed by atoms with Crippen molar-refractivity contribution in [3.05, 3.63) is 35.4 Å². The second-order valence-electron chi connectivity index (χ2n) is 5.59. The number of piperidine rings is 1. The highest BCUT2D eigenvalue weighted by molar-refractivity contribution is 5.48. The zero-order valence-corrected chi connectivity index (χ0v) is 10.00. The Balaban J connectivity index is 1.98. The second kappa shape index (κ2) is 3.37. The Labute approximate surface area is 103 Å². The molecule has 1 heteroatoms. The molecule has 4 rings (SSSR count). The summed E-state index contributed by atoms with van der Waals surface area (Å²) < 4.78 is 0. The van der Waals surface area contributed by atoms with Gasteiger partial charge in [-0.1, -0.05) is 30.2 Å². The van der Waals surface area contributed by atoms with Crippen molar-refractivity contribution in [2.45, 2.75) is 37.1 Å². The molecule has 0 amide bonds. The van der Waals surface area contributed by atoms with Gasteiger partial charge in [-0.25, -0.2) is 0 Å². The van der Waals surface area contributed by atoms with Crippen molar-refractivity contribution in [1.82, 2.24) is 5.32 Å². The van der Waals surface area contributed by atoms with Crippen LogP contribution in [-0.2, 0) is 11.8 Å². The van der Waals surface area contributed by atoms with E-state index < -0.39 is 0 Å². The molecule has 2 bridgehead atoms. The van der Waals surface area contributed by atoms with Crippen molar-refractivity contribution in [2.75, 3.05) is 6.54 Å². The summed E-state index contributed by atoms with van der Waals surface area (Å²) in [7, 11) is 0. The molecule has 1 N–H and O–H groups in total. The van der Waals surface area contributed by atoms with Crippen LogP contribution in [0.25, 0.3) is 0 Å². The van der Waals surface area contributed by atoms with Gasteiger partial charge in [0.1, 0.15) is 0 Å². The van der Waals surface area contributed by atoms with Gasteiger partial charge in [0.25, 0.3) is 0 Å². The van der Waals surface area contributed by atoms with Crippen LogP contribution in [-0.4, -0.2) is 12.6 Å². The Morgan fingerprint density at radius 2 is 2.24 bits per heavy atom. The summed E-state index contributed by atoms with van der Waals surface area (Å²) in [4.78, 5) is 0. The van der Waals surface area contributed by atoms with E-state index in [1.807, 2.05) is 0 Å². The highest BCUT2D eigenvalue weighted by Crippen LogP contribution is 2.49. The molecule has 0 aromatic heterocycles. The van der Waals surface area contributed by atoms with Crippen LogP contribution in [0.5, 0.6) is 0 Å². The third-order valence-electron chi connectivity index (χ3n) is 4.87. The van der Waals surface area contributed by atoms with E-state index in [1.165, 1.54) is 30.4 Å². The van der Waals surface area contributed by atoms with Crippen molar-refractivity contribution < 1.29 is 0 Å². The zero-order valence-electron chi connectivity index (χ0n) is 10.00. The van der Waals surface area contributed by atoms with Gasteiger partial charge in [-0.3, -0.25) is 0 Å². The van der Waals surface area contributed by atoms with Gasteiger partial charge in [-0.05, 0) is 42.9 Å². The summed E-state index contributed by atoms with van der Waals surface area (Å²) in [6, 6.07) is 9.63. The molecule has 0 saturated carbocycles. The van der Waals surface area contributed by atoms with Gasteiger partial charge in [0.05, 0.1) is 5.41 Å². The fourth-order valence-corrected chi connectivity index (χ4v) is 4.16. The van der Waals surface area contributed by atoms with Crippen molar-refractivity contribution >= 4 is 0 Å². The normalized spacial score (nSPS) is 37.4. The van der Waals surface area contributed by atoms with Crippen LogP contribution in [0.15, 0.2) is 24.3 Å². The first-order chi connectivity index (χ1) is 8.40. The topological polar surface area (TPSA) is 12.0 Å². The van der Waals surface area contributed by atoms with Crippen LogP contribution < -0.4 is 5.32 Å². The standard InChI is InChI=1S/C16H17N/c1-2-6-13-12(5-1)11-15-14-7-3-4-8-16(13,14)9-10-17-15/h1-2,5-6,14-15,17H,3,7,9-11H2/t14-,15+,16-/m0/s1. The third-order valence-corrected chi connectivity index (χ3v) is 4.87. The molecule has 0 unspecified atom stereocenters. The van der Waals surface area contributed by atoms with E-state index in [-0.39, 0.29) is 5.41 Å². The summed E-state index contributed by atoms with van der Waals surface area (Å²) >= 11 is 0. The quantitative estimate of drug-likeness (QED) is 0.665. The van der Waals surface area contributed by atoms with Gasteiger partial charge < -0.3 is 5.32 Å². The van der Waals surface area contributed by atoms with Gasteiger partial charge in [-0.15, -0.1) is 5.92 Å². The van der Waals surface area contributed by atoms with E-state index in [9.17, 15) is 0 Å². The van der Waals surface area contributed by atoms with Crippen molar-refractivity contribution in [3.8, 4) is 11.8 Å². The smallest absolute Gasteiger partial charge is 0.0620 e. The largest absolute Gasteiger partial charge is 0.313 e. The summed E-state index contributed by atoms with van der Waals surface area (Å²) in [5.41, 5.74) is 3.25. The minimum Gasteiger partial charge on any atom is -0.313 e. The van der Waals surface area contributed by atoms with Crippen LogP contribution in [0, 0.1) is 17.8 Å². The average molecular weight is 223 g/mol. The Morgan fingerprint density at radius 1 is 1.29 bits per heavy atom. The van der Waals surface area contributed by atoms with Crippen LogP contribution in [0.2, 0.25) is 0 Å². The predicted molar refractivity (Wildman–Crippen MR) is 68.7 cm³/mol. The lowest BCUT2D eigenvalue weighted by Crippen LogP contribution is -2.58. The number of hydrogen-bond donors (Lipinski definition) is 1. The fourth-order valence-electron chi connectivity index (χ4n) is 4.16. The summed E-state index contributed by atoms with van der Waals surface area (Å²) in [5, 5.41) is 3.72. The first-order valence-corrected chi connectivity index (χ1v) is 6.72. The van der Waals surface area contributed by atoms with Gasteiger partial charge in [0, 0.05) is 12.5 Å². The molecule has 3 atom stereocenters. The van der Waals surface area contributed by atoms with Crippen molar-refractivity contribution in [3.63, 3.8) is 0 Å². The summed E-state index contributed by atoms with van der Waals surface area (Å²) in [5.74, 6) is 7.77. The van der Waals surface area contributed by atoms with Gasteiger partial charge >= 0.3 is 0 Å². The maximum atomic E-state index is 3.72. The van der Waals surface area contributed by atoms with E-state index in [0.717, 1.165) is 18.9 Å². The zero-order chi connectivity index (χ0) is 11.3. The van der Waals surface area contributed by atoms with Crippen LogP contribution in [0.4, 0.5) is 0 Å². The van der Waals surface area contributed by atoms with Gasteiger partial charge in [0.15, 0.2) is 0 Å². The number of rotatable bonds is 0. The predicted octanol–water partition coefficient (Wildman–Crippen LogP) is 2.26. The van der Waals surface area contributed by atoms with E-state index >= 15 is 0 Å². The lowest BCUT2D eigenvalue weighted by molar-refractivity contribution is 0.160. The maximum absolute atomic E-state index is 3.72. The van der Waals surface area contributed by atoms with E-state index in [2.05, 4.69) is 41.4 Å². The molecular formula is C16H17N. The SMILES string of the molecule is C1#C[C@]23CCN[C@H](Cc4ccccc42)[C@@H]3CC1. The molecule has 1 saturated heterocycles. The lowest BCUT2D eigenvalue weighted by atomic mass is 9.56. The van der Waals surface area contributed by atoms with E-state index in [0.29, 0.717) is 6.04 Å². The maximum Gasteiger partial charge on any atom is 0.0620 e. The molecule has 1 fully saturated rings. The number of nitrogens with one attached hydrogen (secondary N) is 1. The fraction of sp³-hybridized carbons (Fsp3) is 0.500. The molecule has 1 nitrogen and oxygen atoms in total. The molecule has 17 heavy (non-hydrogen) atoms. The van der Waals surface area contributed by atoms with Crippen LogP contribution in [0.3, 0.4) is 0 Å². The van der Waals surface area contributed by atoms with E-state index in [1.54, 1.807) is 0 Å². The first kappa shape index (κ1) is 9.74. The molecule has 1 aromatic rings. The monoisotopic (exact) mass is 223 g/mol. The van der Waals surface area contributed by atoms with Crippen molar-refractivity contribution in [1.29, 1.82) is 0 Å². The number of hydrogen-bond acceptors (Lipinski definition) is 1. The minimum absolute atomic E-state index is 0.184.